The van der Waals surface area contributed by atoms with Gasteiger partial charge in [0.1, 0.15) is 10.5 Å². The van der Waals surface area contributed by atoms with Crippen LogP contribution in [0.4, 0.5) is 4.39 Å². The number of benzene rings is 1. The number of nitrogens with one attached hydrogen (secondary N) is 1. The molecule has 1 N–H and O–H groups in total. The average molecular weight is 262 g/mol. The van der Waals surface area contributed by atoms with Crippen molar-refractivity contribution in [1.82, 2.24) is 9.97 Å². The minimum absolute atomic E-state index is 0.203. The van der Waals surface area contributed by atoms with Crippen LogP contribution in [0.25, 0.3) is 11.3 Å². The van der Waals surface area contributed by atoms with Gasteiger partial charge in [0.2, 0.25) is 0 Å². The van der Waals surface area contributed by atoms with Gasteiger partial charge in [0.15, 0.2) is 0 Å². The standard InChI is InChI=1S/C14H15FN2S/c1-3-4-11-13(16-8-17-14(11)18)10-6-5-9(2)12(15)7-10/h5-8H,3-4H2,1-2H3,(H,16,17,18). The molecule has 0 aliphatic heterocycles. The highest BCUT2D eigenvalue weighted by Gasteiger charge is 2.09. The Morgan fingerprint density at radius 3 is 2.83 bits per heavy atom. The quantitative estimate of drug-likeness (QED) is 0.839. The van der Waals surface area contributed by atoms with Crippen molar-refractivity contribution in [1.29, 1.82) is 0 Å². The molecule has 94 valence electrons. The van der Waals surface area contributed by atoms with Crippen molar-refractivity contribution in [3.8, 4) is 11.3 Å². The third kappa shape index (κ3) is 2.48. The number of rotatable bonds is 3. The third-order valence-corrected chi connectivity index (χ3v) is 3.26. The highest BCUT2D eigenvalue weighted by molar-refractivity contribution is 7.71. The zero-order valence-electron chi connectivity index (χ0n) is 10.5. The molecular formula is C14H15FN2S. The molecule has 2 nitrogen and oxygen atoms in total. The summed E-state index contributed by atoms with van der Waals surface area (Å²) in [4.78, 5) is 7.17. The summed E-state index contributed by atoms with van der Waals surface area (Å²) in [6, 6.07) is 5.21. The lowest BCUT2D eigenvalue weighted by Gasteiger charge is -2.09. The van der Waals surface area contributed by atoms with Crippen molar-refractivity contribution in [2.75, 3.05) is 0 Å². The SMILES string of the molecule is CCCc1c(-c2ccc(C)c(F)c2)[nH]cnc1=S. The predicted molar refractivity (Wildman–Crippen MR) is 73.5 cm³/mol. The molecule has 0 radical (unpaired) electrons. The van der Waals surface area contributed by atoms with Crippen LogP contribution in [-0.2, 0) is 6.42 Å². The molecule has 4 heteroatoms. The van der Waals surface area contributed by atoms with Gasteiger partial charge in [0.25, 0.3) is 0 Å². The molecule has 0 aliphatic carbocycles. The Balaban J connectivity index is 2.59. The molecule has 0 atom stereocenters. The first-order chi connectivity index (χ1) is 8.63. The fraction of sp³-hybridized carbons (Fsp3) is 0.286. The van der Waals surface area contributed by atoms with Crippen LogP contribution in [0.3, 0.4) is 0 Å². The smallest absolute Gasteiger partial charge is 0.133 e. The first-order valence-electron chi connectivity index (χ1n) is 5.96. The maximum atomic E-state index is 13.6. The average Bonchev–Trinajstić information content (AvgIpc) is 2.35. The second kappa shape index (κ2) is 5.40. The zero-order valence-corrected chi connectivity index (χ0v) is 11.3. The number of aromatic nitrogens is 2. The molecule has 0 bridgehead atoms. The van der Waals surface area contributed by atoms with E-state index < -0.39 is 0 Å². The minimum atomic E-state index is -0.203. The Morgan fingerprint density at radius 2 is 2.17 bits per heavy atom. The van der Waals surface area contributed by atoms with Crippen molar-refractivity contribution in [3.63, 3.8) is 0 Å². The van der Waals surface area contributed by atoms with E-state index in [4.69, 9.17) is 12.2 Å². The van der Waals surface area contributed by atoms with Crippen LogP contribution in [0.15, 0.2) is 24.5 Å². The first kappa shape index (κ1) is 12.9. The molecule has 0 unspecified atom stereocenters. The summed E-state index contributed by atoms with van der Waals surface area (Å²) >= 11 is 5.24. The van der Waals surface area contributed by atoms with Crippen LogP contribution in [0, 0.1) is 17.4 Å². The van der Waals surface area contributed by atoms with Crippen molar-refractivity contribution < 1.29 is 4.39 Å². The van der Waals surface area contributed by atoms with E-state index in [-0.39, 0.29) is 5.82 Å². The van der Waals surface area contributed by atoms with Crippen LogP contribution >= 0.6 is 12.2 Å². The Bertz CT molecular complexity index is 619. The van der Waals surface area contributed by atoms with E-state index in [1.165, 1.54) is 6.07 Å². The summed E-state index contributed by atoms with van der Waals surface area (Å²) in [5.74, 6) is -0.203. The fourth-order valence-corrected chi connectivity index (χ4v) is 2.17. The van der Waals surface area contributed by atoms with E-state index in [0.717, 1.165) is 29.7 Å². The van der Waals surface area contributed by atoms with Gasteiger partial charge in [-0.25, -0.2) is 9.37 Å². The van der Waals surface area contributed by atoms with Gasteiger partial charge >= 0.3 is 0 Å². The number of nitrogens with zero attached hydrogens (tertiary/aromatic N) is 1. The van der Waals surface area contributed by atoms with Crippen LogP contribution in [-0.4, -0.2) is 9.97 Å². The highest BCUT2D eigenvalue weighted by Crippen LogP contribution is 2.24. The molecule has 1 aromatic heterocycles. The Labute approximate surface area is 111 Å². The molecule has 1 heterocycles. The summed E-state index contributed by atoms with van der Waals surface area (Å²) in [6.07, 6.45) is 3.38. The van der Waals surface area contributed by atoms with E-state index in [9.17, 15) is 4.39 Å². The highest BCUT2D eigenvalue weighted by atomic mass is 32.1. The first-order valence-corrected chi connectivity index (χ1v) is 6.37. The van der Waals surface area contributed by atoms with Gasteiger partial charge in [-0.15, -0.1) is 0 Å². The number of aromatic amines is 1. The normalized spacial score (nSPS) is 10.6. The van der Waals surface area contributed by atoms with Gasteiger partial charge < -0.3 is 4.98 Å². The molecule has 18 heavy (non-hydrogen) atoms. The number of hydrogen-bond donors (Lipinski definition) is 1. The summed E-state index contributed by atoms with van der Waals surface area (Å²) in [5, 5.41) is 0. The monoisotopic (exact) mass is 262 g/mol. The van der Waals surface area contributed by atoms with Gasteiger partial charge in [0.05, 0.1) is 12.0 Å². The van der Waals surface area contributed by atoms with Gasteiger partial charge in [0, 0.05) is 11.1 Å². The maximum Gasteiger partial charge on any atom is 0.133 e. The van der Waals surface area contributed by atoms with Gasteiger partial charge in [-0.2, -0.15) is 0 Å². The molecule has 1 aromatic carbocycles. The van der Waals surface area contributed by atoms with E-state index in [2.05, 4.69) is 16.9 Å². The molecule has 2 aromatic rings. The molecule has 0 saturated heterocycles. The number of hydrogen-bond acceptors (Lipinski definition) is 2. The summed E-state index contributed by atoms with van der Waals surface area (Å²) in [5.41, 5.74) is 3.31. The van der Waals surface area contributed by atoms with Crippen molar-refractivity contribution in [2.24, 2.45) is 0 Å². The zero-order chi connectivity index (χ0) is 13.1. The largest absolute Gasteiger partial charge is 0.346 e. The molecule has 0 aliphatic rings. The van der Waals surface area contributed by atoms with Crippen LogP contribution in [0.1, 0.15) is 24.5 Å². The third-order valence-electron chi connectivity index (χ3n) is 2.91. The minimum Gasteiger partial charge on any atom is -0.346 e. The molecule has 0 amide bonds. The second-order valence-corrected chi connectivity index (χ2v) is 4.66. The summed E-state index contributed by atoms with van der Waals surface area (Å²) in [6.45, 7) is 3.84. The second-order valence-electron chi connectivity index (χ2n) is 4.28. The fourth-order valence-electron chi connectivity index (χ4n) is 1.92. The summed E-state index contributed by atoms with van der Waals surface area (Å²) < 4.78 is 14.2. The summed E-state index contributed by atoms with van der Waals surface area (Å²) in [7, 11) is 0. The number of aryl methyl sites for hydroxylation is 1. The van der Waals surface area contributed by atoms with Crippen molar-refractivity contribution >= 4 is 12.2 Å². The topological polar surface area (TPSA) is 28.7 Å². The van der Waals surface area contributed by atoms with E-state index in [1.54, 1.807) is 19.3 Å². The van der Waals surface area contributed by atoms with E-state index >= 15 is 0 Å². The Morgan fingerprint density at radius 1 is 1.39 bits per heavy atom. The maximum absolute atomic E-state index is 13.6. The van der Waals surface area contributed by atoms with Crippen molar-refractivity contribution in [2.45, 2.75) is 26.7 Å². The Kier molecular flexibility index (Phi) is 3.87. The lowest BCUT2D eigenvalue weighted by Crippen LogP contribution is -1.97. The Hall–Kier alpha value is -1.55. The molecule has 2 rings (SSSR count). The number of H-pyrrole nitrogens is 1. The lowest BCUT2D eigenvalue weighted by molar-refractivity contribution is 0.619. The predicted octanol–water partition coefficient (Wildman–Crippen LogP) is 4.21. The molecule has 0 saturated carbocycles. The lowest BCUT2D eigenvalue weighted by atomic mass is 10.0. The molecular weight excluding hydrogens is 247 g/mol. The van der Waals surface area contributed by atoms with E-state index in [1.807, 2.05) is 6.07 Å². The van der Waals surface area contributed by atoms with E-state index in [0.29, 0.717) is 10.2 Å². The molecule has 0 fully saturated rings. The van der Waals surface area contributed by atoms with Gasteiger partial charge in [-0.3, -0.25) is 0 Å². The van der Waals surface area contributed by atoms with Gasteiger partial charge in [-0.1, -0.05) is 37.7 Å². The molecule has 0 spiro atoms. The van der Waals surface area contributed by atoms with Crippen LogP contribution in [0.5, 0.6) is 0 Å². The number of halogens is 1. The van der Waals surface area contributed by atoms with Crippen LogP contribution < -0.4 is 0 Å². The van der Waals surface area contributed by atoms with Gasteiger partial charge in [-0.05, 0) is 25.0 Å². The van der Waals surface area contributed by atoms with Crippen LogP contribution in [0.2, 0.25) is 0 Å². The van der Waals surface area contributed by atoms with Crippen molar-refractivity contribution in [3.05, 3.63) is 46.1 Å².